The normalized spacial score (nSPS) is 17.8. The van der Waals surface area contributed by atoms with Crippen LogP contribution in [0.2, 0.25) is 0 Å². The Morgan fingerprint density at radius 3 is 3.19 bits per heavy atom. The summed E-state index contributed by atoms with van der Waals surface area (Å²) in [4.78, 5) is 4.34. The van der Waals surface area contributed by atoms with Crippen molar-refractivity contribution in [2.75, 3.05) is 0 Å². The van der Waals surface area contributed by atoms with Gasteiger partial charge in [0.25, 0.3) is 0 Å². The zero-order valence-electron chi connectivity index (χ0n) is 12.6. The van der Waals surface area contributed by atoms with Crippen molar-refractivity contribution in [2.45, 2.75) is 51.8 Å². The zero-order valence-corrected chi connectivity index (χ0v) is 12.6. The van der Waals surface area contributed by atoms with Crippen molar-refractivity contribution >= 4 is 0 Å². The smallest absolute Gasteiger partial charge is 0.218 e. The zero-order chi connectivity index (χ0) is 14.7. The van der Waals surface area contributed by atoms with Gasteiger partial charge in [0, 0.05) is 36.3 Å². The van der Waals surface area contributed by atoms with Gasteiger partial charge in [-0.3, -0.25) is 0 Å². The van der Waals surface area contributed by atoms with Crippen LogP contribution >= 0.6 is 0 Å². The van der Waals surface area contributed by atoms with E-state index < -0.39 is 0 Å². The number of pyridine rings is 1. The van der Waals surface area contributed by atoms with Crippen molar-refractivity contribution in [2.24, 2.45) is 0 Å². The maximum atomic E-state index is 5.77. The van der Waals surface area contributed by atoms with Crippen LogP contribution < -0.4 is 10.1 Å². The fraction of sp³-hybridized carbons (Fsp3) is 0.471. The number of fused-ring (bicyclic) bond motifs is 1. The quantitative estimate of drug-likeness (QED) is 0.911. The van der Waals surface area contributed by atoms with Gasteiger partial charge < -0.3 is 14.5 Å². The number of aromatic nitrogens is 1. The third-order valence-electron chi connectivity index (χ3n) is 3.79. The molecule has 21 heavy (non-hydrogen) atoms. The number of rotatable bonds is 5. The van der Waals surface area contributed by atoms with E-state index in [2.05, 4.69) is 22.4 Å². The standard InChI is InChI=1S/C17H22N2O2/c1-12(2)21-17-13(5-4-9-18-17)11-19-15-6-3-7-16-14(15)8-10-20-16/h4-5,8-10,12,15,19H,3,6-7,11H2,1-2H3. The summed E-state index contributed by atoms with van der Waals surface area (Å²) in [6.07, 6.45) is 7.06. The lowest BCUT2D eigenvalue weighted by Crippen LogP contribution is -2.24. The van der Waals surface area contributed by atoms with Crippen LogP contribution in [0.15, 0.2) is 35.1 Å². The van der Waals surface area contributed by atoms with Crippen LogP contribution in [0.1, 0.15) is 49.6 Å². The summed E-state index contributed by atoms with van der Waals surface area (Å²) in [7, 11) is 0. The van der Waals surface area contributed by atoms with E-state index in [4.69, 9.17) is 9.15 Å². The first-order valence-electron chi connectivity index (χ1n) is 7.64. The molecule has 4 heteroatoms. The Morgan fingerprint density at radius 2 is 2.33 bits per heavy atom. The highest BCUT2D eigenvalue weighted by atomic mass is 16.5. The van der Waals surface area contributed by atoms with Gasteiger partial charge in [-0.05, 0) is 38.8 Å². The molecule has 1 N–H and O–H groups in total. The molecule has 0 fully saturated rings. The number of hydrogen-bond acceptors (Lipinski definition) is 4. The number of furan rings is 1. The lowest BCUT2D eigenvalue weighted by Gasteiger charge is -2.23. The molecular formula is C17H22N2O2. The molecule has 1 atom stereocenters. The highest BCUT2D eigenvalue weighted by molar-refractivity contribution is 5.27. The second-order valence-electron chi connectivity index (χ2n) is 5.76. The highest BCUT2D eigenvalue weighted by Gasteiger charge is 2.22. The predicted octanol–water partition coefficient (Wildman–Crippen LogP) is 3.63. The molecule has 3 rings (SSSR count). The van der Waals surface area contributed by atoms with E-state index in [9.17, 15) is 0 Å². The fourth-order valence-corrected chi connectivity index (χ4v) is 2.82. The molecule has 0 saturated carbocycles. The number of hydrogen-bond donors (Lipinski definition) is 1. The van der Waals surface area contributed by atoms with Crippen LogP contribution in [0.5, 0.6) is 5.88 Å². The second kappa shape index (κ2) is 6.31. The van der Waals surface area contributed by atoms with Gasteiger partial charge in [0.1, 0.15) is 5.76 Å². The van der Waals surface area contributed by atoms with Crippen molar-refractivity contribution in [3.8, 4) is 5.88 Å². The minimum absolute atomic E-state index is 0.133. The molecule has 0 bridgehead atoms. The van der Waals surface area contributed by atoms with Crippen LogP contribution in [0.25, 0.3) is 0 Å². The van der Waals surface area contributed by atoms with Gasteiger partial charge in [0.2, 0.25) is 5.88 Å². The van der Waals surface area contributed by atoms with E-state index >= 15 is 0 Å². The van der Waals surface area contributed by atoms with Crippen LogP contribution in [-0.4, -0.2) is 11.1 Å². The molecule has 4 nitrogen and oxygen atoms in total. The molecule has 112 valence electrons. The van der Waals surface area contributed by atoms with Gasteiger partial charge in [0.05, 0.1) is 12.4 Å². The van der Waals surface area contributed by atoms with E-state index in [1.807, 2.05) is 19.9 Å². The Morgan fingerprint density at radius 1 is 1.43 bits per heavy atom. The lowest BCUT2D eigenvalue weighted by atomic mass is 9.93. The Labute approximate surface area is 125 Å². The molecule has 0 saturated heterocycles. The largest absolute Gasteiger partial charge is 0.475 e. The molecule has 1 aliphatic rings. The number of nitrogens with zero attached hydrogens (tertiary/aromatic N) is 1. The monoisotopic (exact) mass is 286 g/mol. The highest BCUT2D eigenvalue weighted by Crippen LogP contribution is 2.31. The van der Waals surface area contributed by atoms with Crippen molar-refractivity contribution in [3.63, 3.8) is 0 Å². The molecular weight excluding hydrogens is 264 g/mol. The first-order chi connectivity index (χ1) is 10.2. The predicted molar refractivity (Wildman–Crippen MR) is 81.2 cm³/mol. The summed E-state index contributed by atoms with van der Waals surface area (Å²) >= 11 is 0. The average molecular weight is 286 g/mol. The van der Waals surface area contributed by atoms with Crippen molar-refractivity contribution < 1.29 is 9.15 Å². The molecule has 0 amide bonds. The average Bonchev–Trinajstić information content (AvgIpc) is 2.95. The van der Waals surface area contributed by atoms with Gasteiger partial charge in [-0.1, -0.05) is 6.07 Å². The minimum Gasteiger partial charge on any atom is -0.475 e. The van der Waals surface area contributed by atoms with Crippen LogP contribution in [0.3, 0.4) is 0 Å². The van der Waals surface area contributed by atoms with E-state index in [0.717, 1.165) is 36.6 Å². The Hall–Kier alpha value is -1.81. The second-order valence-corrected chi connectivity index (χ2v) is 5.76. The molecule has 0 aromatic carbocycles. The van der Waals surface area contributed by atoms with Crippen molar-refractivity contribution in [3.05, 3.63) is 47.5 Å². The summed E-state index contributed by atoms with van der Waals surface area (Å²) in [6, 6.07) is 6.46. The van der Waals surface area contributed by atoms with E-state index in [1.54, 1.807) is 12.5 Å². The van der Waals surface area contributed by atoms with E-state index in [-0.39, 0.29) is 6.10 Å². The maximum absolute atomic E-state index is 5.77. The van der Waals surface area contributed by atoms with Crippen molar-refractivity contribution in [1.82, 2.24) is 10.3 Å². The molecule has 2 heterocycles. The minimum atomic E-state index is 0.133. The first-order valence-corrected chi connectivity index (χ1v) is 7.64. The van der Waals surface area contributed by atoms with Crippen LogP contribution in [0, 0.1) is 0 Å². The van der Waals surface area contributed by atoms with Gasteiger partial charge in [0.15, 0.2) is 0 Å². The number of aryl methyl sites for hydroxylation is 1. The molecule has 2 aromatic rings. The molecule has 1 unspecified atom stereocenters. The fourth-order valence-electron chi connectivity index (χ4n) is 2.82. The lowest BCUT2D eigenvalue weighted by molar-refractivity contribution is 0.229. The number of ether oxygens (including phenoxy) is 1. The molecule has 1 aliphatic carbocycles. The van der Waals surface area contributed by atoms with Gasteiger partial charge in [-0.25, -0.2) is 4.98 Å². The topological polar surface area (TPSA) is 47.3 Å². The maximum Gasteiger partial charge on any atom is 0.218 e. The van der Waals surface area contributed by atoms with Gasteiger partial charge in [-0.2, -0.15) is 0 Å². The Bertz CT molecular complexity index is 592. The van der Waals surface area contributed by atoms with E-state index in [1.165, 1.54) is 12.0 Å². The Balaban J connectivity index is 1.69. The summed E-state index contributed by atoms with van der Waals surface area (Å²) in [5.41, 5.74) is 2.40. The van der Waals surface area contributed by atoms with Gasteiger partial charge in [-0.15, -0.1) is 0 Å². The summed E-state index contributed by atoms with van der Waals surface area (Å²) in [5.74, 6) is 1.85. The van der Waals surface area contributed by atoms with Crippen LogP contribution in [0.4, 0.5) is 0 Å². The van der Waals surface area contributed by atoms with Crippen molar-refractivity contribution in [1.29, 1.82) is 0 Å². The Kier molecular flexibility index (Phi) is 4.25. The first kappa shape index (κ1) is 14.1. The molecule has 0 aliphatic heterocycles. The SMILES string of the molecule is CC(C)Oc1ncccc1CNC1CCCc2occc21. The van der Waals surface area contributed by atoms with Gasteiger partial charge >= 0.3 is 0 Å². The number of nitrogens with one attached hydrogen (secondary N) is 1. The third kappa shape index (κ3) is 3.27. The summed E-state index contributed by atoms with van der Waals surface area (Å²) < 4.78 is 11.3. The molecule has 0 spiro atoms. The molecule has 2 aromatic heterocycles. The summed E-state index contributed by atoms with van der Waals surface area (Å²) in [5, 5.41) is 3.61. The van der Waals surface area contributed by atoms with E-state index in [0.29, 0.717) is 6.04 Å². The van der Waals surface area contributed by atoms with Crippen LogP contribution in [-0.2, 0) is 13.0 Å². The molecule has 0 radical (unpaired) electrons. The summed E-state index contributed by atoms with van der Waals surface area (Å²) in [6.45, 7) is 4.79. The third-order valence-corrected chi connectivity index (χ3v) is 3.79.